The maximum absolute atomic E-state index is 14.0. The summed E-state index contributed by atoms with van der Waals surface area (Å²) >= 11 is 0. The monoisotopic (exact) mass is 510 g/mol. The fourth-order valence-corrected chi connectivity index (χ4v) is 3.43. The molecular weight excluding hydrogens is 491 g/mol. The third-order valence-corrected chi connectivity index (χ3v) is 4.96. The Balaban J connectivity index is 2.37. The molecule has 2 heterocycles. The molecule has 0 saturated heterocycles. The summed E-state index contributed by atoms with van der Waals surface area (Å²) in [6.45, 7) is -1.31. The normalized spacial score (nSPS) is 11.4. The lowest BCUT2D eigenvalue weighted by atomic mass is 10.2. The van der Waals surface area contributed by atoms with Crippen LogP contribution in [-0.2, 0) is 13.1 Å². The van der Waals surface area contributed by atoms with Crippen LogP contribution in [0.1, 0.15) is 11.3 Å². The highest BCUT2D eigenvalue weighted by molar-refractivity contribution is 5.74. The number of pyridine rings is 1. The van der Waals surface area contributed by atoms with E-state index in [1.54, 1.807) is 13.0 Å². The maximum Gasteiger partial charge on any atom is 0.401 e. The molecule has 190 valence electrons. The average Bonchev–Trinajstić information content (AvgIpc) is 2.78. The molecule has 15 heteroatoms. The Morgan fingerprint density at radius 2 is 1.83 bits per heavy atom. The molecule has 0 aliphatic carbocycles. The summed E-state index contributed by atoms with van der Waals surface area (Å²) in [5.74, 6) is 3.39. The molecule has 1 aromatic carbocycles. The van der Waals surface area contributed by atoms with Gasteiger partial charge in [0.05, 0.1) is 41.6 Å². The highest BCUT2D eigenvalue weighted by Crippen LogP contribution is 2.30. The van der Waals surface area contributed by atoms with E-state index in [-0.39, 0.29) is 5.69 Å². The number of rotatable bonds is 7. The van der Waals surface area contributed by atoms with Crippen molar-refractivity contribution in [3.63, 3.8) is 0 Å². The molecule has 0 fully saturated rings. The summed E-state index contributed by atoms with van der Waals surface area (Å²) in [6, 6.07) is 4.30. The van der Waals surface area contributed by atoms with Gasteiger partial charge in [0.2, 0.25) is 0 Å². The van der Waals surface area contributed by atoms with E-state index in [0.717, 1.165) is 4.57 Å². The van der Waals surface area contributed by atoms with Gasteiger partial charge < -0.3 is 11.1 Å². The minimum atomic E-state index is -4.64. The first-order valence-electron chi connectivity index (χ1n) is 10.1. The van der Waals surface area contributed by atoms with Gasteiger partial charge in [-0.05, 0) is 18.6 Å². The first-order valence-corrected chi connectivity index (χ1v) is 10.1. The highest BCUT2D eigenvalue weighted by Gasteiger charge is 2.29. The molecule has 0 unspecified atom stereocenters. The minimum Gasteiger partial charge on any atom is -0.397 e. The minimum absolute atomic E-state index is 0.0283. The number of aromatic nitrogens is 3. The van der Waals surface area contributed by atoms with Gasteiger partial charge in [-0.1, -0.05) is 0 Å². The van der Waals surface area contributed by atoms with Crippen LogP contribution in [0, 0.1) is 29.9 Å². The van der Waals surface area contributed by atoms with E-state index < -0.39 is 71.5 Å². The lowest BCUT2D eigenvalue weighted by Crippen LogP contribution is -2.46. The molecule has 36 heavy (non-hydrogen) atoms. The van der Waals surface area contributed by atoms with Crippen molar-refractivity contribution in [1.82, 2.24) is 19.4 Å². The van der Waals surface area contributed by atoms with Gasteiger partial charge in [0.1, 0.15) is 12.2 Å². The molecule has 0 saturated carbocycles. The van der Waals surface area contributed by atoms with Crippen LogP contribution in [-0.4, -0.2) is 26.8 Å². The molecule has 5 N–H and O–H groups in total. The van der Waals surface area contributed by atoms with Crippen LogP contribution < -0.4 is 33.2 Å². The summed E-state index contributed by atoms with van der Waals surface area (Å²) in [7, 11) is 0. The van der Waals surface area contributed by atoms with Crippen molar-refractivity contribution in [2.24, 2.45) is 5.84 Å². The van der Waals surface area contributed by atoms with Crippen molar-refractivity contribution in [2.45, 2.75) is 26.2 Å². The van der Waals surface area contributed by atoms with Crippen LogP contribution in [0.3, 0.4) is 0 Å². The highest BCUT2D eigenvalue weighted by atomic mass is 19.4. The van der Waals surface area contributed by atoms with Crippen molar-refractivity contribution < 1.29 is 22.0 Å². The molecule has 10 nitrogen and oxygen atoms in total. The number of hydrazine groups is 1. The second kappa shape index (κ2) is 10.1. The van der Waals surface area contributed by atoms with Crippen molar-refractivity contribution in [2.75, 3.05) is 17.3 Å². The molecule has 0 amide bonds. The first-order chi connectivity index (χ1) is 16.9. The quantitative estimate of drug-likeness (QED) is 0.189. The van der Waals surface area contributed by atoms with Gasteiger partial charge in [-0.15, -0.1) is 0 Å². The number of aryl methyl sites for hydroxylation is 1. The van der Waals surface area contributed by atoms with Gasteiger partial charge >= 0.3 is 11.9 Å². The predicted octanol–water partition coefficient (Wildman–Crippen LogP) is 1.75. The van der Waals surface area contributed by atoms with Crippen LogP contribution >= 0.6 is 0 Å². The molecule has 0 bridgehead atoms. The Kier molecular flexibility index (Phi) is 7.41. The van der Waals surface area contributed by atoms with Crippen LogP contribution in [0.4, 0.5) is 39.0 Å². The maximum atomic E-state index is 14.0. The number of halogens is 5. The number of benzene rings is 1. The number of hydrogen-bond acceptors (Lipinski definition) is 8. The second-order valence-corrected chi connectivity index (χ2v) is 7.60. The Bertz CT molecular complexity index is 1460. The van der Waals surface area contributed by atoms with E-state index in [9.17, 15) is 36.8 Å². The van der Waals surface area contributed by atoms with Crippen LogP contribution in [0.2, 0.25) is 0 Å². The zero-order valence-corrected chi connectivity index (χ0v) is 18.6. The van der Waals surface area contributed by atoms with Crippen LogP contribution in [0.25, 0.3) is 5.69 Å². The SMILES string of the molecule is Cc1cncc(-n2c(=O)c(N(N)c3cc(F)c(F)cc3N)c(CNCC(F)(F)F)n(CC#N)c2=O)c1. The molecule has 0 radical (unpaired) electrons. The fourth-order valence-electron chi connectivity index (χ4n) is 3.43. The lowest BCUT2D eigenvalue weighted by molar-refractivity contribution is -0.125. The third kappa shape index (κ3) is 5.34. The van der Waals surface area contributed by atoms with E-state index >= 15 is 0 Å². The van der Waals surface area contributed by atoms with E-state index in [2.05, 4.69) is 4.98 Å². The molecule has 3 rings (SSSR count). The van der Waals surface area contributed by atoms with Gasteiger partial charge in [-0.3, -0.25) is 19.4 Å². The van der Waals surface area contributed by atoms with Gasteiger partial charge in [0.15, 0.2) is 11.6 Å². The van der Waals surface area contributed by atoms with Gasteiger partial charge in [0.25, 0.3) is 5.56 Å². The number of nitrogen functional groups attached to an aromatic ring is 1. The number of alkyl halides is 3. The standard InChI is InChI=1S/C21H19F5N8O2/c1-11-4-12(8-30-7-11)33-19(35)18(34(29)16-6-14(23)13(22)5-15(16)28)17(9-31-10-21(24,25)26)32(3-2-27)20(33)36/h4-8,31H,3,9-10,28-29H2,1H3. The lowest BCUT2D eigenvalue weighted by Gasteiger charge is -2.26. The Hall–Kier alpha value is -4.29. The largest absolute Gasteiger partial charge is 0.401 e. The molecule has 2 aromatic heterocycles. The fraction of sp³-hybridized carbons (Fsp3) is 0.238. The zero-order valence-electron chi connectivity index (χ0n) is 18.6. The smallest absolute Gasteiger partial charge is 0.397 e. The van der Waals surface area contributed by atoms with Crippen molar-refractivity contribution >= 4 is 17.1 Å². The summed E-state index contributed by atoms with van der Waals surface area (Å²) in [6.07, 6.45) is -2.03. The Labute approximate surface area is 199 Å². The predicted molar refractivity (Wildman–Crippen MR) is 119 cm³/mol. The Morgan fingerprint density at radius 1 is 1.17 bits per heavy atom. The summed E-state index contributed by atoms with van der Waals surface area (Å²) < 4.78 is 67.2. The molecule has 0 aliphatic heterocycles. The van der Waals surface area contributed by atoms with Crippen LogP contribution in [0.5, 0.6) is 0 Å². The number of nitrogens with two attached hydrogens (primary N) is 2. The molecule has 3 aromatic rings. The van der Waals surface area contributed by atoms with Gasteiger partial charge in [0, 0.05) is 24.9 Å². The van der Waals surface area contributed by atoms with E-state index in [4.69, 9.17) is 11.6 Å². The van der Waals surface area contributed by atoms with Crippen molar-refractivity contribution in [3.05, 3.63) is 74.3 Å². The summed E-state index contributed by atoms with van der Waals surface area (Å²) in [5.41, 5.74) is 2.23. The second-order valence-electron chi connectivity index (χ2n) is 7.60. The molecule has 0 atom stereocenters. The number of hydrogen-bond donors (Lipinski definition) is 3. The first kappa shape index (κ1) is 26.3. The van der Waals surface area contributed by atoms with Gasteiger partial charge in [-0.25, -0.2) is 24.0 Å². The summed E-state index contributed by atoms with van der Waals surface area (Å²) in [4.78, 5) is 30.7. The topological polar surface area (TPSA) is 148 Å². The Morgan fingerprint density at radius 3 is 2.44 bits per heavy atom. The van der Waals surface area contributed by atoms with E-state index in [1.807, 2.05) is 5.32 Å². The summed E-state index contributed by atoms with van der Waals surface area (Å²) in [5, 5.41) is 11.9. The molecule has 0 spiro atoms. The van der Waals surface area contributed by atoms with Crippen molar-refractivity contribution in [1.29, 1.82) is 5.26 Å². The molecule has 0 aliphatic rings. The number of nitrogens with zero attached hydrogens (tertiary/aromatic N) is 5. The average molecular weight is 510 g/mol. The van der Waals surface area contributed by atoms with E-state index in [0.29, 0.717) is 27.3 Å². The van der Waals surface area contributed by atoms with Crippen molar-refractivity contribution in [3.8, 4) is 11.8 Å². The van der Waals surface area contributed by atoms with Gasteiger partial charge in [-0.2, -0.15) is 18.4 Å². The van der Waals surface area contributed by atoms with Crippen LogP contribution in [0.15, 0.2) is 40.2 Å². The molecular formula is C21H19F5N8O2. The number of nitriles is 1. The van der Waals surface area contributed by atoms with E-state index in [1.165, 1.54) is 18.5 Å². The third-order valence-electron chi connectivity index (χ3n) is 4.96. The number of anilines is 3. The zero-order chi connectivity index (χ0) is 26.8. The number of nitrogens with one attached hydrogen (secondary N) is 1.